The summed E-state index contributed by atoms with van der Waals surface area (Å²) >= 11 is 0. The molecular weight excluding hydrogens is 669 g/mol. The smallest absolute Gasteiger partial charge is 0.252 e. The highest BCUT2D eigenvalue weighted by molar-refractivity contribution is 5.85. The van der Waals surface area contributed by atoms with E-state index >= 15 is 0 Å². The zero-order valence-electron chi connectivity index (χ0n) is 30.5. The molecule has 3 N–H and O–H groups in total. The first-order valence-electron chi connectivity index (χ1n) is 18.7. The number of hydrogen-bond donors (Lipinski definition) is 3. The number of rotatable bonds is 12. The highest BCUT2D eigenvalue weighted by Gasteiger charge is 2.58. The zero-order chi connectivity index (χ0) is 36.4. The fourth-order valence-corrected chi connectivity index (χ4v) is 7.83. The van der Waals surface area contributed by atoms with Crippen molar-refractivity contribution in [2.45, 2.75) is 82.4 Å². The molecule has 3 aliphatic rings. The van der Waals surface area contributed by atoms with Gasteiger partial charge in [-0.1, -0.05) is 91.0 Å². The average Bonchev–Trinajstić information content (AvgIpc) is 3.84. The van der Waals surface area contributed by atoms with E-state index in [1.807, 2.05) is 37.5 Å². The molecule has 12 heteroatoms. The first-order valence-corrected chi connectivity index (χ1v) is 18.7. The van der Waals surface area contributed by atoms with Crippen molar-refractivity contribution >= 4 is 28.8 Å². The number of aromatic nitrogens is 4. The minimum atomic E-state index is -0.883. The number of fused-ring (bicyclic) bond motifs is 2. The van der Waals surface area contributed by atoms with Crippen molar-refractivity contribution in [2.75, 3.05) is 36.8 Å². The van der Waals surface area contributed by atoms with E-state index < -0.39 is 30.3 Å². The predicted molar refractivity (Wildman–Crippen MR) is 203 cm³/mol. The number of piperidine rings is 1. The van der Waals surface area contributed by atoms with Gasteiger partial charge in [0.25, 0.3) is 5.91 Å². The number of hydrogen-bond acceptors (Lipinski definition) is 10. The van der Waals surface area contributed by atoms with Gasteiger partial charge in [0.15, 0.2) is 35.1 Å². The summed E-state index contributed by atoms with van der Waals surface area (Å²) in [5.74, 6) is 0.0809. The van der Waals surface area contributed by atoms with Crippen molar-refractivity contribution in [2.24, 2.45) is 0 Å². The Bertz CT molecular complexity index is 1950. The summed E-state index contributed by atoms with van der Waals surface area (Å²) in [6.07, 6.45) is 0.951. The van der Waals surface area contributed by atoms with Crippen LogP contribution in [-0.4, -0.2) is 86.6 Å². The van der Waals surface area contributed by atoms with E-state index in [0.717, 1.165) is 32.5 Å². The third kappa shape index (κ3) is 7.63. The Morgan fingerprint density at radius 2 is 1.53 bits per heavy atom. The van der Waals surface area contributed by atoms with Gasteiger partial charge in [-0.2, -0.15) is 9.97 Å². The number of carbonyl (C=O) groups is 1. The SMILES string of the molecule is CCNC(=O)[C@H]1O[C@@H](n2cnc3c(NCC(c4ccccc4)c4ccccc4)nc(NC4CCN(Cc5ccccc5)CC4)nc32)[C@@H]2OC(C)(C)O[C@@H]21. The monoisotopic (exact) mass is 716 g/mol. The largest absolute Gasteiger partial charge is 0.367 e. The quantitative estimate of drug-likeness (QED) is 0.148. The number of likely N-dealkylation sites (N-methyl/N-ethyl adjacent to an activating group) is 1. The van der Waals surface area contributed by atoms with Crippen LogP contribution in [0.5, 0.6) is 0 Å². The van der Waals surface area contributed by atoms with Gasteiger partial charge < -0.3 is 30.2 Å². The molecule has 53 heavy (non-hydrogen) atoms. The van der Waals surface area contributed by atoms with Gasteiger partial charge >= 0.3 is 0 Å². The van der Waals surface area contributed by atoms with E-state index in [1.54, 1.807) is 6.33 Å². The summed E-state index contributed by atoms with van der Waals surface area (Å²) in [6, 6.07) is 31.8. The van der Waals surface area contributed by atoms with Gasteiger partial charge in [-0.05, 0) is 50.3 Å². The molecule has 0 aliphatic carbocycles. The summed E-state index contributed by atoms with van der Waals surface area (Å²) < 4.78 is 20.9. The van der Waals surface area contributed by atoms with E-state index in [2.05, 4.69) is 99.7 Å². The molecule has 276 valence electrons. The fraction of sp³-hybridized carbons (Fsp3) is 0.415. The third-order valence-electron chi connectivity index (χ3n) is 10.4. The Morgan fingerprint density at radius 3 is 2.19 bits per heavy atom. The number of nitrogens with one attached hydrogen (secondary N) is 3. The van der Waals surface area contributed by atoms with Gasteiger partial charge in [-0.25, -0.2) is 4.98 Å². The number of nitrogens with zero attached hydrogens (tertiary/aromatic N) is 5. The lowest BCUT2D eigenvalue weighted by atomic mass is 9.91. The lowest BCUT2D eigenvalue weighted by Gasteiger charge is -2.32. The highest BCUT2D eigenvalue weighted by Crippen LogP contribution is 2.44. The van der Waals surface area contributed by atoms with Gasteiger partial charge in [-0.3, -0.25) is 14.3 Å². The van der Waals surface area contributed by atoms with Crippen LogP contribution in [0.2, 0.25) is 0 Å². The van der Waals surface area contributed by atoms with Crippen LogP contribution < -0.4 is 16.0 Å². The van der Waals surface area contributed by atoms with Crippen molar-refractivity contribution in [1.29, 1.82) is 0 Å². The Kier molecular flexibility index (Phi) is 10.1. The molecule has 5 aromatic rings. The van der Waals surface area contributed by atoms with Crippen LogP contribution in [0.4, 0.5) is 11.8 Å². The van der Waals surface area contributed by atoms with Gasteiger partial charge in [0, 0.05) is 44.7 Å². The molecule has 1 amide bonds. The van der Waals surface area contributed by atoms with Crippen LogP contribution in [0, 0.1) is 0 Å². The van der Waals surface area contributed by atoms with Gasteiger partial charge in [0.1, 0.15) is 12.2 Å². The molecule has 5 heterocycles. The second kappa shape index (κ2) is 15.2. The first kappa shape index (κ1) is 35.2. The standard InChI is InChI=1S/C41H48N8O4/c1-4-42-38(50)34-33-35(53-41(2,3)52-33)39(51-34)49-26-44-32-36(43-24-31(28-16-10-6-11-17-28)29-18-12-7-13-19-29)46-40(47-37(32)49)45-30-20-22-48(23-21-30)25-27-14-8-5-9-15-27/h5-19,26,30-31,33-35,39H,4,20-25H2,1-3H3,(H,42,50)(H2,43,45,46,47)/t33-,34+,35-,39-/m1/s1. The average molecular weight is 717 g/mol. The van der Waals surface area contributed by atoms with E-state index in [9.17, 15) is 4.79 Å². The first-order chi connectivity index (χ1) is 25.8. The third-order valence-corrected chi connectivity index (χ3v) is 10.4. The van der Waals surface area contributed by atoms with Crippen molar-refractivity contribution in [3.05, 3.63) is 114 Å². The van der Waals surface area contributed by atoms with E-state index in [1.165, 1.54) is 16.7 Å². The van der Waals surface area contributed by atoms with Crippen LogP contribution in [0.3, 0.4) is 0 Å². The van der Waals surface area contributed by atoms with Crippen LogP contribution in [0.1, 0.15) is 62.4 Å². The van der Waals surface area contributed by atoms with Crippen LogP contribution in [0.25, 0.3) is 11.2 Å². The van der Waals surface area contributed by atoms with Crippen LogP contribution in [-0.2, 0) is 25.5 Å². The minimum Gasteiger partial charge on any atom is -0.367 e. The van der Waals surface area contributed by atoms with E-state index in [-0.39, 0.29) is 17.9 Å². The second-order valence-electron chi connectivity index (χ2n) is 14.6. The van der Waals surface area contributed by atoms with Crippen molar-refractivity contribution in [3.63, 3.8) is 0 Å². The predicted octanol–water partition coefficient (Wildman–Crippen LogP) is 5.70. The summed E-state index contributed by atoms with van der Waals surface area (Å²) in [7, 11) is 0. The summed E-state index contributed by atoms with van der Waals surface area (Å²) in [5.41, 5.74) is 4.91. The fourth-order valence-electron chi connectivity index (χ4n) is 7.83. The molecule has 3 aromatic carbocycles. The van der Waals surface area contributed by atoms with Gasteiger partial charge in [0.05, 0.1) is 6.33 Å². The summed E-state index contributed by atoms with van der Waals surface area (Å²) in [4.78, 5) is 30.6. The number of anilines is 2. The Morgan fingerprint density at radius 1 is 0.887 bits per heavy atom. The topological polar surface area (TPSA) is 128 Å². The number of ether oxygens (including phenoxy) is 3. The van der Waals surface area contributed by atoms with Gasteiger partial charge in [-0.15, -0.1) is 0 Å². The molecule has 3 saturated heterocycles. The molecule has 2 aromatic heterocycles. The maximum atomic E-state index is 13.2. The van der Waals surface area contributed by atoms with Crippen molar-refractivity contribution in [3.8, 4) is 0 Å². The molecule has 3 aliphatic heterocycles. The Balaban J connectivity index is 1.10. The Hall–Kier alpha value is -4.88. The lowest BCUT2D eigenvalue weighted by Crippen LogP contribution is -2.42. The van der Waals surface area contributed by atoms with Crippen LogP contribution >= 0.6 is 0 Å². The maximum absolute atomic E-state index is 13.2. The summed E-state index contributed by atoms with van der Waals surface area (Å²) in [6.45, 7) is 9.55. The van der Waals surface area contributed by atoms with Gasteiger partial charge in [0.2, 0.25) is 5.95 Å². The van der Waals surface area contributed by atoms with Crippen molar-refractivity contribution < 1.29 is 19.0 Å². The number of amides is 1. The molecule has 0 radical (unpaired) electrons. The van der Waals surface area contributed by atoms with Crippen LogP contribution in [0.15, 0.2) is 97.3 Å². The number of carbonyl (C=O) groups excluding carboxylic acids is 1. The normalized spacial score (nSPS) is 22.9. The maximum Gasteiger partial charge on any atom is 0.252 e. The summed E-state index contributed by atoms with van der Waals surface area (Å²) in [5, 5.41) is 10.2. The number of imidazole rings is 1. The highest BCUT2D eigenvalue weighted by atomic mass is 16.8. The van der Waals surface area contributed by atoms with Crippen molar-refractivity contribution in [1.82, 2.24) is 29.7 Å². The molecule has 8 rings (SSSR count). The molecule has 0 spiro atoms. The van der Waals surface area contributed by atoms with E-state index in [4.69, 9.17) is 29.2 Å². The second-order valence-corrected chi connectivity index (χ2v) is 14.6. The molecule has 0 bridgehead atoms. The van der Waals surface area contributed by atoms with E-state index in [0.29, 0.717) is 36.0 Å². The molecule has 0 unspecified atom stereocenters. The molecular formula is C41H48N8O4. The molecule has 3 fully saturated rings. The molecule has 0 saturated carbocycles. The lowest BCUT2D eigenvalue weighted by molar-refractivity contribution is -0.197. The Labute approximate surface area is 310 Å². The zero-order valence-corrected chi connectivity index (χ0v) is 30.5. The number of benzene rings is 3. The molecule has 4 atom stereocenters. The number of likely N-dealkylation sites (tertiary alicyclic amines) is 1. The molecule has 12 nitrogen and oxygen atoms in total. The minimum absolute atomic E-state index is 0.0675.